The number of para-hydroxylation sites is 1. The molecule has 1 atom stereocenters. The van der Waals surface area contributed by atoms with Crippen molar-refractivity contribution in [3.8, 4) is 0 Å². The molecule has 0 radical (unpaired) electrons. The summed E-state index contributed by atoms with van der Waals surface area (Å²) in [5.74, 6) is 0.739. The molecule has 1 aliphatic heterocycles. The van der Waals surface area contributed by atoms with E-state index in [1.54, 1.807) is 4.68 Å². The molecule has 3 aromatic rings. The molecule has 0 aliphatic carbocycles. The van der Waals surface area contributed by atoms with Gasteiger partial charge in [-0.1, -0.05) is 25.1 Å². The highest BCUT2D eigenvalue weighted by Gasteiger charge is 2.23. The molecule has 24 heavy (non-hydrogen) atoms. The van der Waals surface area contributed by atoms with Gasteiger partial charge < -0.3 is 9.72 Å². The van der Waals surface area contributed by atoms with Crippen LogP contribution in [-0.4, -0.2) is 32.7 Å². The van der Waals surface area contributed by atoms with E-state index in [4.69, 9.17) is 17.0 Å². The maximum atomic E-state index is 5.70. The van der Waals surface area contributed by atoms with Crippen LogP contribution in [0.1, 0.15) is 42.8 Å². The minimum atomic E-state index is -0.0373. The number of nitrogens with zero attached hydrogens (tertiary/aromatic N) is 3. The van der Waals surface area contributed by atoms with E-state index in [-0.39, 0.29) is 6.10 Å². The van der Waals surface area contributed by atoms with Gasteiger partial charge in [-0.25, -0.2) is 0 Å². The van der Waals surface area contributed by atoms with Gasteiger partial charge in [-0.3, -0.25) is 5.10 Å². The highest BCUT2D eigenvalue weighted by atomic mass is 32.1. The van der Waals surface area contributed by atoms with Gasteiger partial charge in [0.15, 0.2) is 5.82 Å². The van der Waals surface area contributed by atoms with Crippen LogP contribution in [0.5, 0.6) is 0 Å². The number of aromatic amines is 2. The molecular formula is C17H19N5OS. The van der Waals surface area contributed by atoms with Crippen molar-refractivity contribution in [1.29, 1.82) is 0 Å². The second-order valence-electron chi connectivity index (χ2n) is 5.88. The van der Waals surface area contributed by atoms with Crippen molar-refractivity contribution >= 4 is 29.3 Å². The number of hydrogen-bond donors (Lipinski definition) is 2. The number of aryl methyl sites for hydroxylation is 1. The van der Waals surface area contributed by atoms with Crippen molar-refractivity contribution in [2.24, 2.45) is 5.10 Å². The summed E-state index contributed by atoms with van der Waals surface area (Å²) in [5.41, 5.74) is 3.49. The van der Waals surface area contributed by atoms with Crippen molar-refractivity contribution in [3.05, 3.63) is 46.1 Å². The highest BCUT2D eigenvalue weighted by molar-refractivity contribution is 7.71. The van der Waals surface area contributed by atoms with Crippen LogP contribution in [0.2, 0.25) is 0 Å². The normalized spacial score (nSPS) is 18.1. The van der Waals surface area contributed by atoms with Gasteiger partial charge in [0.25, 0.3) is 0 Å². The van der Waals surface area contributed by atoms with Crippen molar-refractivity contribution in [2.75, 3.05) is 6.61 Å². The van der Waals surface area contributed by atoms with E-state index in [1.165, 1.54) is 5.56 Å². The topological polar surface area (TPSA) is 71.0 Å². The van der Waals surface area contributed by atoms with Crippen molar-refractivity contribution in [3.63, 3.8) is 0 Å². The Bertz CT molecular complexity index is 945. The maximum Gasteiger partial charge on any atom is 0.216 e. The molecular weight excluding hydrogens is 322 g/mol. The lowest BCUT2D eigenvalue weighted by atomic mass is 10.1. The molecule has 2 aromatic heterocycles. The number of aromatic nitrogens is 4. The fourth-order valence-corrected chi connectivity index (χ4v) is 3.35. The SMILES string of the molecule is CCc1cccc2c(/C=N/n3c([C@H]4CCCO4)n[nH]c3=S)c[nH]c12. The fraction of sp³-hybridized carbons (Fsp3) is 0.353. The van der Waals surface area contributed by atoms with Crippen LogP contribution in [0.4, 0.5) is 0 Å². The monoisotopic (exact) mass is 341 g/mol. The molecule has 0 spiro atoms. The lowest BCUT2D eigenvalue weighted by molar-refractivity contribution is 0.102. The van der Waals surface area contributed by atoms with Crippen LogP contribution >= 0.6 is 12.2 Å². The summed E-state index contributed by atoms with van der Waals surface area (Å²) < 4.78 is 7.84. The van der Waals surface area contributed by atoms with Crippen molar-refractivity contribution < 1.29 is 4.74 Å². The van der Waals surface area contributed by atoms with Gasteiger partial charge >= 0.3 is 0 Å². The third-order valence-corrected chi connectivity index (χ3v) is 4.68. The summed E-state index contributed by atoms with van der Waals surface area (Å²) in [6.45, 7) is 2.91. The third-order valence-electron chi connectivity index (χ3n) is 4.42. The van der Waals surface area contributed by atoms with Gasteiger partial charge in [-0.15, -0.1) is 0 Å². The molecule has 0 amide bonds. The van der Waals surface area contributed by atoms with Crippen molar-refractivity contribution in [1.82, 2.24) is 19.9 Å². The first-order valence-corrected chi connectivity index (χ1v) is 8.61. The van der Waals surface area contributed by atoms with Crippen LogP contribution in [0, 0.1) is 4.77 Å². The van der Waals surface area contributed by atoms with E-state index in [0.717, 1.165) is 48.2 Å². The summed E-state index contributed by atoms with van der Waals surface area (Å²) in [6, 6.07) is 6.32. The van der Waals surface area contributed by atoms with Crippen LogP contribution in [0.15, 0.2) is 29.5 Å². The Morgan fingerprint density at radius 2 is 2.42 bits per heavy atom. The largest absolute Gasteiger partial charge is 0.370 e. The number of H-pyrrole nitrogens is 2. The average molecular weight is 341 g/mol. The number of ether oxygens (including phenoxy) is 1. The van der Waals surface area contributed by atoms with E-state index < -0.39 is 0 Å². The molecule has 4 rings (SSSR count). The highest BCUT2D eigenvalue weighted by Crippen LogP contribution is 2.27. The van der Waals surface area contributed by atoms with E-state index in [0.29, 0.717) is 4.77 Å². The standard InChI is InChI=1S/C17H19N5OS/c1-2-11-5-3-6-13-12(9-18-15(11)13)10-19-22-16(20-21-17(22)24)14-7-4-8-23-14/h3,5-6,9-10,14,18H,2,4,7-8H2,1H3,(H,21,24)/b19-10+/t14-/m1/s1. The van der Waals surface area contributed by atoms with E-state index in [2.05, 4.69) is 45.4 Å². The Kier molecular flexibility index (Phi) is 4.03. The van der Waals surface area contributed by atoms with Crippen LogP contribution in [-0.2, 0) is 11.2 Å². The summed E-state index contributed by atoms with van der Waals surface area (Å²) in [6.07, 6.45) is 6.73. The summed E-state index contributed by atoms with van der Waals surface area (Å²) in [5, 5.41) is 12.8. The molecule has 124 valence electrons. The molecule has 1 aromatic carbocycles. The van der Waals surface area contributed by atoms with Gasteiger partial charge in [-0.05, 0) is 37.0 Å². The van der Waals surface area contributed by atoms with Gasteiger partial charge in [-0.2, -0.15) is 14.9 Å². The summed E-state index contributed by atoms with van der Waals surface area (Å²) >= 11 is 5.31. The van der Waals surface area contributed by atoms with Gasteiger partial charge in [0.05, 0.1) is 6.21 Å². The number of benzene rings is 1. The lowest BCUT2D eigenvalue weighted by Crippen LogP contribution is -2.05. The first kappa shape index (κ1) is 15.3. The molecule has 2 N–H and O–H groups in total. The summed E-state index contributed by atoms with van der Waals surface area (Å²) in [7, 11) is 0. The lowest BCUT2D eigenvalue weighted by Gasteiger charge is -2.07. The second-order valence-corrected chi connectivity index (χ2v) is 6.27. The Labute approximate surface area is 144 Å². The predicted molar refractivity (Wildman–Crippen MR) is 96.0 cm³/mol. The smallest absolute Gasteiger partial charge is 0.216 e. The molecule has 0 bridgehead atoms. The first-order chi connectivity index (χ1) is 11.8. The third kappa shape index (κ3) is 2.59. The number of rotatable bonds is 4. The quantitative estimate of drug-likeness (QED) is 0.561. The molecule has 1 saturated heterocycles. The minimum Gasteiger partial charge on any atom is -0.370 e. The average Bonchev–Trinajstić information content (AvgIpc) is 3.32. The summed E-state index contributed by atoms with van der Waals surface area (Å²) in [4.78, 5) is 3.35. The molecule has 0 unspecified atom stereocenters. The van der Waals surface area contributed by atoms with Crippen LogP contribution < -0.4 is 0 Å². The molecule has 7 heteroatoms. The van der Waals surface area contributed by atoms with Crippen LogP contribution in [0.3, 0.4) is 0 Å². The Morgan fingerprint density at radius 1 is 1.50 bits per heavy atom. The van der Waals surface area contributed by atoms with Crippen LogP contribution in [0.25, 0.3) is 10.9 Å². The molecule has 0 saturated carbocycles. The Morgan fingerprint density at radius 3 is 3.21 bits per heavy atom. The predicted octanol–water partition coefficient (Wildman–Crippen LogP) is 3.72. The first-order valence-electron chi connectivity index (χ1n) is 8.20. The zero-order valence-corrected chi connectivity index (χ0v) is 14.3. The van der Waals surface area contributed by atoms with Crippen molar-refractivity contribution in [2.45, 2.75) is 32.3 Å². The maximum absolute atomic E-state index is 5.70. The molecule has 1 fully saturated rings. The van der Waals surface area contributed by atoms with Gasteiger partial charge in [0, 0.05) is 29.3 Å². The minimum absolute atomic E-state index is 0.0373. The molecule has 3 heterocycles. The molecule has 6 nitrogen and oxygen atoms in total. The second kappa shape index (κ2) is 6.33. The Balaban J connectivity index is 1.71. The van der Waals surface area contributed by atoms with Gasteiger partial charge in [0.1, 0.15) is 6.10 Å². The molecule has 1 aliphatic rings. The zero-order chi connectivity index (χ0) is 16.5. The van der Waals surface area contributed by atoms with Gasteiger partial charge in [0.2, 0.25) is 4.77 Å². The number of nitrogens with one attached hydrogen (secondary N) is 2. The number of hydrogen-bond acceptors (Lipinski definition) is 4. The van der Waals surface area contributed by atoms with E-state index in [1.807, 2.05) is 12.4 Å². The Hall–Kier alpha value is -2.25. The fourth-order valence-electron chi connectivity index (χ4n) is 3.17. The van der Waals surface area contributed by atoms with E-state index >= 15 is 0 Å². The zero-order valence-electron chi connectivity index (χ0n) is 13.5. The number of fused-ring (bicyclic) bond motifs is 1. The van der Waals surface area contributed by atoms with E-state index in [9.17, 15) is 0 Å².